The van der Waals surface area contributed by atoms with Crippen molar-refractivity contribution < 1.29 is 4.52 Å². The molecule has 0 amide bonds. The van der Waals surface area contributed by atoms with E-state index in [4.69, 9.17) is 0 Å². The van der Waals surface area contributed by atoms with Crippen molar-refractivity contribution in [3.63, 3.8) is 0 Å². The molecule has 0 saturated heterocycles. The first-order valence-corrected chi connectivity index (χ1v) is 5.30. The molecule has 0 aromatic carbocycles. The number of hydrogen-bond donors (Lipinski definition) is 2. The third-order valence-corrected chi connectivity index (χ3v) is 1.88. The van der Waals surface area contributed by atoms with Crippen molar-refractivity contribution >= 4 is 0 Å². The summed E-state index contributed by atoms with van der Waals surface area (Å²) in [5.41, 5.74) is 0. The number of hydrogen-bond acceptors (Lipinski definition) is 6. The van der Waals surface area contributed by atoms with E-state index in [9.17, 15) is 4.79 Å². The Balaban J connectivity index is 0.000000171. The first kappa shape index (κ1) is 13.1. The Kier molecular flexibility index (Phi) is 4.56. The Hall–Kier alpha value is -1.99. The van der Waals surface area contributed by atoms with E-state index in [-0.39, 0.29) is 5.92 Å². The van der Waals surface area contributed by atoms with Gasteiger partial charge in [0.05, 0.1) is 0 Å². The summed E-state index contributed by atoms with van der Waals surface area (Å²) >= 11 is 0. The molecule has 0 spiro atoms. The van der Waals surface area contributed by atoms with Gasteiger partial charge >= 0.3 is 5.76 Å². The van der Waals surface area contributed by atoms with Crippen LogP contribution in [0.3, 0.4) is 0 Å². The summed E-state index contributed by atoms with van der Waals surface area (Å²) < 4.78 is 4.26. The van der Waals surface area contributed by atoms with Crippen LogP contribution in [-0.2, 0) is 0 Å². The highest BCUT2D eigenvalue weighted by atomic mass is 16.5. The van der Waals surface area contributed by atoms with E-state index in [1.165, 1.54) is 0 Å². The summed E-state index contributed by atoms with van der Waals surface area (Å²) in [5, 5.41) is 16.8. The predicted octanol–water partition coefficient (Wildman–Crippen LogP) is 0.809. The van der Waals surface area contributed by atoms with Gasteiger partial charge in [0.15, 0.2) is 11.6 Å². The summed E-state index contributed by atoms with van der Waals surface area (Å²) in [4.78, 5) is 12.8. The van der Waals surface area contributed by atoms with Gasteiger partial charge in [0.1, 0.15) is 0 Å². The van der Waals surface area contributed by atoms with Crippen molar-refractivity contribution in [3.05, 3.63) is 22.2 Å². The molecule has 0 aliphatic rings. The largest absolute Gasteiger partial charge is 0.438 e. The van der Waals surface area contributed by atoms with E-state index >= 15 is 0 Å². The topological polar surface area (TPSA) is 113 Å². The van der Waals surface area contributed by atoms with Gasteiger partial charge in [-0.15, -0.1) is 10.2 Å². The molecule has 0 bridgehead atoms. The zero-order valence-corrected chi connectivity index (χ0v) is 10.3. The molecule has 2 rings (SSSR count). The Labute approximate surface area is 97.8 Å². The van der Waals surface area contributed by atoms with Crippen LogP contribution in [0.15, 0.2) is 9.32 Å². The average Bonchev–Trinajstić information content (AvgIpc) is 2.87. The minimum Gasteiger partial charge on any atom is -0.296 e. The summed E-state index contributed by atoms with van der Waals surface area (Å²) in [5.74, 6) is 1.47. The number of tetrazole rings is 1. The van der Waals surface area contributed by atoms with Gasteiger partial charge in [-0.05, 0) is 0 Å². The van der Waals surface area contributed by atoms with E-state index in [0.29, 0.717) is 11.7 Å². The Morgan fingerprint density at radius 1 is 1.18 bits per heavy atom. The van der Waals surface area contributed by atoms with Crippen LogP contribution in [-0.4, -0.2) is 30.8 Å². The monoisotopic (exact) mass is 240 g/mol. The van der Waals surface area contributed by atoms with Gasteiger partial charge in [0.2, 0.25) is 0 Å². The molecule has 17 heavy (non-hydrogen) atoms. The number of H-pyrrole nitrogens is 2. The van der Waals surface area contributed by atoms with Crippen LogP contribution in [0, 0.1) is 0 Å². The molecule has 2 aromatic heterocycles. The lowest BCUT2D eigenvalue weighted by Crippen LogP contribution is -1.97. The van der Waals surface area contributed by atoms with Crippen LogP contribution in [0.2, 0.25) is 0 Å². The number of nitrogens with zero attached hydrogens (tertiary/aromatic N) is 4. The predicted molar refractivity (Wildman–Crippen MR) is 59.5 cm³/mol. The molecule has 0 aliphatic carbocycles. The molecule has 0 atom stereocenters. The van der Waals surface area contributed by atoms with Crippen molar-refractivity contribution in [2.24, 2.45) is 0 Å². The Morgan fingerprint density at radius 3 is 2.12 bits per heavy atom. The molecule has 2 N–H and O–H groups in total. The second kappa shape index (κ2) is 5.92. The van der Waals surface area contributed by atoms with Crippen LogP contribution in [0.5, 0.6) is 0 Å². The fourth-order valence-electron chi connectivity index (χ4n) is 0.905. The fourth-order valence-corrected chi connectivity index (χ4v) is 0.905. The highest BCUT2D eigenvalue weighted by Crippen LogP contribution is 2.04. The molecule has 94 valence electrons. The molecule has 0 aliphatic heterocycles. The van der Waals surface area contributed by atoms with Crippen LogP contribution in [0.4, 0.5) is 0 Å². The summed E-state index contributed by atoms with van der Waals surface area (Å²) in [6.07, 6.45) is 0. The number of aromatic amines is 2. The van der Waals surface area contributed by atoms with E-state index in [1.54, 1.807) is 0 Å². The lowest BCUT2D eigenvalue weighted by atomic mass is 10.2. The van der Waals surface area contributed by atoms with Crippen LogP contribution in [0.25, 0.3) is 0 Å². The molecular weight excluding hydrogens is 224 g/mol. The van der Waals surface area contributed by atoms with Gasteiger partial charge < -0.3 is 0 Å². The van der Waals surface area contributed by atoms with Gasteiger partial charge in [0, 0.05) is 11.8 Å². The smallest absolute Gasteiger partial charge is 0.296 e. The van der Waals surface area contributed by atoms with E-state index < -0.39 is 5.76 Å². The number of nitrogens with one attached hydrogen (secondary N) is 2. The molecule has 0 radical (unpaired) electrons. The van der Waals surface area contributed by atoms with E-state index in [2.05, 4.69) is 35.3 Å². The van der Waals surface area contributed by atoms with Gasteiger partial charge in [0.25, 0.3) is 0 Å². The quantitative estimate of drug-likeness (QED) is 0.802. The molecule has 0 unspecified atom stereocenters. The molecule has 8 nitrogen and oxygen atoms in total. The van der Waals surface area contributed by atoms with Crippen LogP contribution < -0.4 is 5.76 Å². The van der Waals surface area contributed by atoms with Crippen LogP contribution >= 0.6 is 0 Å². The highest BCUT2D eigenvalue weighted by Gasteiger charge is 2.03. The number of rotatable bonds is 2. The maximum atomic E-state index is 10.3. The van der Waals surface area contributed by atoms with Crippen molar-refractivity contribution in [2.75, 3.05) is 0 Å². The standard InChI is InChI=1S/C5H8N2O2.C4H8N4/c1-3(2)4-6-5(8)9-7-4;1-3(2)4-5-7-8-6-4/h3H,1-2H3,(H,6,7,8);3H,1-2H3,(H,5,6,7,8). The Bertz CT molecular complexity index is 470. The fraction of sp³-hybridized carbons (Fsp3) is 0.667. The highest BCUT2D eigenvalue weighted by molar-refractivity contribution is 4.85. The zero-order chi connectivity index (χ0) is 12.8. The minimum absolute atomic E-state index is 0.219. The molecule has 2 aromatic rings. The summed E-state index contributed by atoms with van der Waals surface area (Å²) in [6.45, 7) is 7.89. The summed E-state index contributed by atoms with van der Waals surface area (Å²) in [7, 11) is 0. The lowest BCUT2D eigenvalue weighted by Gasteiger charge is -1.91. The van der Waals surface area contributed by atoms with Gasteiger partial charge in [-0.1, -0.05) is 38.1 Å². The molecule has 0 saturated carbocycles. The van der Waals surface area contributed by atoms with Gasteiger partial charge in [-0.25, -0.2) is 4.79 Å². The SMILES string of the molecule is CC(C)c1nn[nH]n1.CC(C)c1noc(=O)[nH]1. The lowest BCUT2D eigenvalue weighted by molar-refractivity contribution is 0.379. The zero-order valence-electron chi connectivity index (χ0n) is 10.3. The first-order chi connectivity index (χ1) is 8.00. The normalized spacial score (nSPS) is 10.5. The van der Waals surface area contributed by atoms with Gasteiger partial charge in [-0.3, -0.25) is 9.51 Å². The van der Waals surface area contributed by atoms with Gasteiger partial charge in [-0.2, -0.15) is 5.21 Å². The van der Waals surface area contributed by atoms with Crippen molar-refractivity contribution in [1.29, 1.82) is 0 Å². The molecule has 8 heteroatoms. The van der Waals surface area contributed by atoms with Crippen molar-refractivity contribution in [3.8, 4) is 0 Å². The second-order valence-corrected chi connectivity index (χ2v) is 4.06. The van der Waals surface area contributed by atoms with Crippen LogP contribution in [0.1, 0.15) is 51.2 Å². The average molecular weight is 240 g/mol. The number of aromatic nitrogens is 6. The second-order valence-electron chi connectivity index (χ2n) is 4.06. The third-order valence-electron chi connectivity index (χ3n) is 1.88. The molecular formula is C9H16N6O2. The van der Waals surface area contributed by atoms with Crippen molar-refractivity contribution in [2.45, 2.75) is 39.5 Å². The van der Waals surface area contributed by atoms with E-state index in [0.717, 1.165) is 5.82 Å². The van der Waals surface area contributed by atoms with E-state index in [1.807, 2.05) is 27.7 Å². The third kappa shape index (κ3) is 4.17. The summed E-state index contributed by atoms with van der Waals surface area (Å²) in [6, 6.07) is 0. The maximum absolute atomic E-state index is 10.3. The Morgan fingerprint density at radius 2 is 1.88 bits per heavy atom. The maximum Gasteiger partial charge on any atom is 0.438 e. The first-order valence-electron chi connectivity index (χ1n) is 5.30. The molecule has 2 heterocycles. The minimum atomic E-state index is -0.487. The molecule has 0 fully saturated rings. The van der Waals surface area contributed by atoms with Crippen molar-refractivity contribution in [1.82, 2.24) is 30.8 Å².